The molecule has 3 fully saturated rings. The van der Waals surface area contributed by atoms with Crippen molar-refractivity contribution in [3.8, 4) is 0 Å². The van der Waals surface area contributed by atoms with Crippen LogP contribution in [0.15, 0.2) is 0 Å². The number of morpholine rings is 1. The molecule has 0 bridgehead atoms. The molecule has 3 aliphatic rings. The SMILES string of the molecule is O=C(CN1CCOCC1)N[C@@H]1CC[C@H](CCNC(=O)C2CCCC2)O[C@@H]1CO. The van der Waals surface area contributed by atoms with Gasteiger partial charge in [0.2, 0.25) is 11.8 Å². The van der Waals surface area contributed by atoms with E-state index in [9.17, 15) is 14.7 Å². The number of hydrogen-bond donors (Lipinski definition) is 3. The van der Waals surface area contributed by atoms with Gasteiger partial charge in [-0.05, 0) is 32.1 Å². The molecule has 0 aromatic rings. The Kier molecular flexibility index (Phi) is 8.51. The highest BCUT2D eigenvalue weighted by atomic mass is 16.5. The van der Waals surface area contributed by atoms with Crippen molar-refractivity contribution in [3.05, 3.63) is 0 Å². The second-order valence-corrected chi connectivity index (χ2v) is 8.18. The van der Waals surface area contributed by atoms with Crippen molar-refractivity contribution in [2.75, 3.05) is 46.0 Å². The topological polar surface area (TPSA) is 100 Å². The van der Waals surface area contributed by atoms with E-state index < -0.39 is 6.10 Å². The molecule has 1 aliphatic carbocycles. The molecule has 2 saturated heterocycles. The molecule has 8 heteroatoms. The third kappa shape index (κ3) is 6.40. The molecule has 160 valence electrons. The Hall–Kier alpha value is -1.22. The van der Waals surface area contributed by atoms with Gasteiger partial charge in [0.25, 0.3) is 0 Å². The van der Waals surface area contributed by atoms with E-state index in [2.05, 4.69) is 15.5 Å². The second kappa shape index (κ2) is 11.1. The summed E-state index contributed by atoms with van der Waals surface area (Å²) in [6.45, 7) is 3.71. The molecule has 0 unspecified atom stereocenters. The highest BCUT2D eigenvalue weighted by Gasteiger charge is 2.32. The first kappa shape index (κ1) is 21.5. The number of aliphatic hydroxyl groups excluding tert-OH is 1. The summed E-state index contributed by atoms with van der Waals surface area (Å²) < 4.78 is 11.3. The lowest BCUT2D eigenvalue weighted by Gasteiger charge is -2.36. The largest absolute Gasteiger partial charge is 0.394 e. The molecule has 28 heavy (non-hydrogen) atoms. The molecule has 3 atom stereocenters. The van der Waals surface area contributed by atoms with Crippen molar-refractivity contribution < 1.29 is 24.2 Å². The monoisotopic (exact) mass is 397 g/mol. The Labute approximate surface area is 167 Å². The van der Waals surface area contributed by atoms with E-state index in [-0.39, 0.29) is 36.5 Å². The Morgan fingerprint density at radius 2 is 1.82 bits per heavy atom. The van der Waals surface area contributed by atoms with Crippen LogP contribution in [0.5, 0.6) is 0 Å². The van der Waals surface area contributed by atoms with Crippen LogP contribution in [0.4, 0.5) is 0 Å². The molecule has 8 nitrogen and oxygen atoms in total. The van der Waals surface area contributed by atoms with E-state index in [1.54, 1.807) is 0 Å². The van der Waals surface area contributed by atoms with Crippen LogP contribution in [0.3, 0.4) is 0 Å². The number of carbonyl (C=O) groups excluding carboxylic acids is 2. The number of nitrogens with one attached hydrogen (secondary N) is 2. The van der Waals surface area contributed by atoms with E-state index in [0.717, 1.165) is 58.0 Å². The molecule has 2 amide bonds. The molecular formula is C20H35N3O5. The molecule has 2 heterocycles. The summed E-state index contributed by atoms with van der Waals surface area (Å²) in [4.78, 5) is 26.5. The Morgan fingerprint density at radius 1 is 1.07 bits per heavy atom. The fraction of sp³-hybridized carbons (Fsp3) is 0.900. The summed E-state index contributed by atoms with van der Waals surface area (Å²) in [6, 6.07) is -0.164. The first-order valence-electron chi connectivity index (χ1n) is 10.8. The molecule has 0 spiro atoms. The smallest absolute Gasteiger partial charge is 0.234 e. The highest BCUT2D eigenvalue weighted by Crippen LogP contribution is 2.25. The number of amides is 2. The minimum Gasteiger partial charge on any atom is -0.394 e. The Balaban J connectivity index is 1.35. The molecule has 2 aliphatic heterocycles. The summed E-state index contributed by atoms with van der Waals surface area (Å²) in [5, 5.41) is 15.7. The predicted octanol–water partition coefficient (Wildman–Crippen LogP) is 0.0398. The highest BCUT2D eigenvalue weighted by molar-refractivity contribution is 5.79. The Bertz CT molecular complexity index is 506. The predicted molar refractivity (Wildman–Crippen MR) is 104 cm³/mol. The van der Waals surface area contributed by atoms with Gasteiger partial charge in [0.1, 0.15) is 6.10 Å². The average Bonchev–Trinajstić information content (AvgIpc) is 3.24. The standard InChI is InChI=1S/C20H35N3O5/c24-14-18-17(22-19(25)13-23-9-11-27-12-10-23)6-5-16(28-18)7-8-21-20(26)15-3-1-2-4-15/h15-18,24H,1-14H2,(H,21,26)(H,22,25)/t16-,17-,18-/m1/s1. The molecule has 0 aromatic carbocycles. The molecule has 0 aromatic heterocycles. The van der Waals surface area contributed by atoms with Gasteiger partial charge in [-0.2, -0.15) is 0 Å². The number of carbonyl (C=O) groups is 2. The van der Waals surface area contributed by atoms with Gasteiger partial charge < -0.3 is 25.2 Å². The van der Waals surface area contributed by atoms with Crippen molar-refractivity contribution >= 4 is 11.8 Å². The number of nitrogens with zero attached hydrogens (tertiary/aromatic N) is 1. The first-order chi connectivity index (χ1) is 13.7. The van der Waals surface area contributed by atoms with Crippen LogP contribution in [0, 0.1) is 5.92 Å². The minimum atomic E-state index is -0.391. The first-order valence-corrected chi connectivity index (χ1v) is 10.8. The zero-order valence-corrected chi connectivity index (χ0v) is 16.7. The maximum Gasteiger partial charge on any atom is 0.234 e. The molecular weight excluding hydrogens is 362 g/mol. The zero-order chi connectivity index (χ0) is 19.8. The van der Waals surface area contributed by atoms with E-state index in [0.29, 0.717) is 26.3 Å². The van der Waals surface area contributed by atoms with Crippen molar-refractivity contribution in [3.63, 3.8) is 0 Å². The van der Waals surface area contributed by atoms with Crippen LogP contribution < -0.4 is 10.6 Å². The fourth-order valence-corrected chi connectivity index (χ4v) is 4.41. The summed E-state index contributed by atoms with van der Waals surface area (Å²) in [5.41, 5.74) is 0. The van der Waals surface area contributed by atoms with Crippen molar-refractivity contribution in [1.29, 1.82) is 0 Å². The third-order valence-corrected chi connectivity index (χ3v) is 6.10. The van der Waals surface area contributed by atoms with Crippen molar-refractivity contribution in [1.82, 2.24) is 15.5 Å². The third-order valence-electron chi connectivity index (χ3n) is 6.10. The molecule has 3 N–H and O–H groups in total. The minimum absolute atomic E-state index is 0.00780. The van der Waals surface area contributed by atoms with Crippen molar-refractivity contribution in [2.45, 2.75) is 63.2 Å². The van der Waals surface area contributed by atoms with Gasteiger partial charge in [0.15, 0.2) is 0 Å². The van der Waals surface area contributed by atoms with Crippen LogP contribution in [0.25, 0.3) is 0 Å². The molecule has 0 radical (unpaired) electrons. The van der Waals surface area contributed by atoms with Gasteiger partial charge in [-0.15, -0.1) is 0 Å². The van der Waals surface area contributed by atoms with Crippen LogP contribution in [0.1, 0.15) is 44.9 Å². The van der Waals surface area contributed by atoms with Crippen LogP contribution in [0.2, 0.25) is 0 Å². The summed E-state index contributed by atoms with van der Waals surface area (Å²) in [7, 11) is 0. The van der Waals surface area contributed by atoms with E-state index in [4.69, 9.17) is 9.47 Å². The maximum absolute atomic E-state index is 12.3. The maximum atomic E-state index is 12.3. The summed E-state index contributed by atoms with van der Waals surface area (Å²) in [6.07, 6.45) is 6.27. The summed E-state index contributed by atoms with van der Waals surface area (Å²) in [5.74, 6) is 0.319. The lowest BCUT2D eigenvalue weighted by Crippen LogP contribution is -2.53. The number of hydrogen-bond acceptors (Lipinski definition) is 6. The van der Waals surface area contributed by atoms with Crippen LogP contribution in [-0.2, 0) is 19.1 Å². The van der Waals surface area contributed by atoms with Gasteiger partial charge >= 0.3 is 0 Å². The average molecular weight is 398 g/mol. The number of aliphatic hydroxyl groups is 1. The molecule has 1 saturated carbocycles. The normalized spacial score (nSPS) is 29.5. The van der Waals surface area contributed by atoms with Gasteiger partial charge in [0.05, 0.1) is 38.5 Å². The van der Waals surface area contributed by atoms with Gasteiger partial charge in [-0.1, -0.05) is 12.8 Å². The van der Waals surface area contributed by atoms with Gasteiger partial charge in [0, 0.05) is 25.6 Å². The van der Waals surface area contributed by atoms with Gasteiger partial charge in [-0.3, -0.25) is 14.5 Å². The van der Waals surface area contributed by atoms with E-state index in [1.807, 2.05) is 0 Å². The number of ether oxygens (including phenoxy) is 2. The van der Waals surface area contributed by atoms with E-state index >= 15 is 0 Å². The van der Waals surface area contributed by atoms with Crippen molar-refractivity contribution in [2.24, 2.45) is 5.92 Å². The van der Waals surface area contributed by atoms with Gasteiger partial charge in [-0.25, -0.2) is 0 Å². The van der Waals surface area contributed by atoms with Crippen LogP contribution in [-0.4, -0.2) is 86.1 Å². The van der Waals surface area contributed by atoms with Crippen LogP contribution >= 0.6 is 0 Å². The summed E-state index contributed by atoms with van der Waals surface area (Å²) >= 11 is 0. The lowest BCUT2D eigenvalue weighted by atomic mass is 9.97. The Morgan fingerprint density at radius 3 is 2.54 bits per heavy atom. The number of rotatable bonds is 8. The molecule has 3 rings (SSSR count). The quantitative estimate of drug-likeness (QED) is 0.535. The second-order valence-electron chi connectivity index (χ2n) is 8.18. The zero-order valence-electron chi connectivity index (χ0n) is 16.7. The lowest BCUT2D eigenvalue weighted by molar-refractivity contribution is -0.131. The van der Waals surface area contributed by atoms with E-state index in [1.165, 1.54) is 0 Å². The fourth-order valence-electron chi connectivity index (χ4n) is 4.41.